The van der Waals surface area contributed by atoms with Crippen LogP contribution in [-0.4, -0.2) is 33.9 Å². The first-order valence-corrected chi connectivity index (χ1v) is 9.19. The van der Waals surface area contributed by atoms with E-state index in [4.69, 9.17) is 28.5 Å². The zero-order valence-corrected chi connectivity index (χ0v) is 15.9. The molecule has 0 radical (unpaired) electrons. The van der Waals surface area contributed by atoms with Crippen molar-refractivity contribution >= 4 is 34.7 Å². The van der Waals surface area contributed by atoms with Crippen LogP contribution in [0.1, 0.15) is 24.0 Å². The molecule has 140 valence electrons. The SMILES string of the molecule is N#Cc1ccnc(NC2CCN(Cc3cc(Cl)cc(Cl)c3)CC2)c1[N+](=O)[O-]. The molecule has 27 heavy (non-hydrogen) atoms. The highest BCUT2D eigenvalue weighted by Crippen LogP contribution is 2.28. The van der Waals surface area contributed by atoms with E-state index in [0.717, 1.165) is 38.0 Å². The fourth-order valence-electron chi connectivity index (χ4n) is 3.22. The lowest BCUT2D eigenvalue weighted by molar-refractivity contribution is -0.384. The first-order valence-electron chi connectivity index (χ1n) is 8.43. The predicted octanol–water partition coefficient (Wildman–Crippen LogP) is 4.24. The highest BCUT2D eigenvalue weighted by Gasteiger charge is 2.25. The summed E-state index contributed by atoms with van der Waals surface area (Å²) in [6, 6.07) is 8.76. The molecule has 1 saturated heterocycles. The Bertz CT molecular complexity index is 872. The Morgan fingerprint density at radius 3 is 2.56 bits per heavy atom. The first-order chi connectivity index (χ1) is 13.0. The lowest BCUT2D eigenvalue weighted by Gasteiger charge is -2.32. The van der Waals surface area contributed by atoms with Crippen molar-refractivity contribution in [3.8, 4) is 6.07 Å². The van der Waals surface area contributed by atoms with Crippen molar-refractivity contribution in [2.24, 2.45) is 0 Å². The van der Waals surface area contributed by atoms with Gasteiger partial charge in [-0.1, -0.05) is 23.2 Å². The number of nitrogens with one attached hydrogen (secondary N) is 1. The van der Waals surface area contributed by atoms with Gasteiger partial charge < -0.3 is 5.32 Å². The van der Waals surface area contributed by atoms with Crippen molar-refractivity contribution in [2.75, 3.05) is 18.4 Å². The van der Waals surface area contributed by atoms with E-state index in [1.807, 2.05) is 18.2 Å². The summed E-state index contributed by atoms with van der Waals surface area (Å²) in [5, 5.41) is 24.7. The van der Waals surface area contributed by atoms with Gasteiger partial charge in [0.25, 0.3) is 0 Å². The lowest BCUT2D eigenvalue weighted by Crippen LogP contribution is -2.38. The summed E-state index contributed by atoms with van der Waals surface area (Å²) in [4.78, 5) is 17.1. The summed E-state index contributed by atoms with van der Waals surface area (Å²) in [5.74, 6) is 0.152. The van der Waals surface area contributed by atoms with Crippen LogP contribution in [0, 0.1) is 21.4 Å². The van der Waals surface area contributed by atoms with Crippen LogP contribution in [-0.2, 0) is 6.54 Å². The standard InChI is InChI=1S/C18H17Cl2N5O2/c19-14-7-12(8-15(20)9-14)11-24-5-2-16(3-6-24)23-18-17(25(26)27)13(10-21)1-4-22-18/h1,4,7-9,16H,2-3,5-6,11H2,(H,22,23). The maximum Gasteiger partial charge on any atom is 0.328 e. The quantitative estimate of drug-likeness (QED) is 0.589. The van der Waals surface area contributed by atoms with Crippen LogP contribution in [0.4, 0.5) is 11.5 Å². The molecule has 1 aliphatic rings. The molecule has 0 amide bonds. The predicted molar refractivity (Wildman–Crippen MR) is 104 cm³/mol. The van der Waals surface area contributed by atoms with E-state index < -0.39 is 4.92 Å². The molecule has 1 aliphatic heterocycles. The van der Waals surface area contributed by atoms with E-state index in [0.29, 0.717) is 10.0 Å². The van der Waals surface area contributed by atoms with Gasteiger partial charge in [0.05, 0.1) is 4.92 Å². The number of hydrogen-bond donors (Lipinski definition) is 1. The zero-order valence-electron chi connectivity index (χ0n) is 14.4. The summed E-state index contributed by atoms with van der Waals surface area (Å²) in [7, 11) is 0. The second kappa shape index (κ2) is 8.53. The molecule has 9 heteroatoms. The number of pyridine rings is 1. The molecule has 2 heterocycles. The maximum atomic E-state index is 11.3. The van der Waals surface area contributed by atoms with Gasteiger partial charge in [-0.05, 0) is 42.7 Å². The van der Waals surface area contributed by atoms with Gasteiger partial charge in [0.15, 0.2) is 0 Å². The summed E-state index contributed by atoms with van der Waals surface area (Å²) in [5.41, 5.74) is 0.793. The van der Waals surface area contributed by atoms with Crippen molar-refractivity contribution in [1.82, 2.24) is 9.88 Å². The van der Waals surface area contributed by atoms with Crippen LogP contribution in [0.2, 0.25) is 10.0 Å². The van der Waals surface area contributed by atoms with E-state index in [2.05, 4.69) is 15.2 Å². The van der Waals surface area contributed by atoms with Gasteiger partial charge in [0.1, 0.15) is 11.6 Å². The molecule has 2 aromatic rings. The molecule has 3 rings (SSSR count). The third-order valence-electron chi connectivity index (χ3n) is 4.48. The van der Waals surface area contributed by atoms with Gasteiger partial charge in [-0.3, -0.25) is 15.0 Å². The minimum Gasteiger partial charge on any atom is -0.361 e. The molecule has 0 saturated carbocycles. The molecule has 1 aromatic heterocycles. The summed E-state index contributed by atoms with van der Waals surface area (Å²) in [6.07, 6.45) is 3.03. The zero-order chi connectivity index (χ0) is 19.4. The first kappa shape index (κ1) is 19.4. The van der Waals surface area contributed by atoms with Crippen LogP contribution in [0.25, 0.3) is 0 Å². The number of halogens is 2. The maximum absolute atomic E-state index is 11.3. The van der Waals surface area contributed by atoms with Crippen molar-refractivity contribution in [3.63, 3.8) is 0 Å². The van der Waals surface area contributed by atoms with Gasteiger partial charge in [-0.15, -0.1) is 0 Å². The number of nitro groups is 1. The largest absolute Gasteiger partial charge is 0.361 e. The molecule has 0 aliphatic carbocycles. The highest BCUT2D eigenvalue weighted by atomic mass is 35.5. The molecule has 7 nitrogen and oxygen atoms in total. The number of benzene rings is 1. The van der Waals surface area contributed by atoms with Crippen molar-refractivity contribution in [3.05, 3.63) is 61.7 Å². The number of nitrogens with zero attached hydrogens (tertiary/aromatic N) is 4. The normalized spacial score (nSPS) is 15.3. The van der Waals surface area contributed by atoms with Gasteiger partial charge >= 0.3 is 5.69 Å². The van der Waals surface area contributed by atoms with Crippen LogP contribution in [0.3, 0.4) is 0 Å². The molecule has 1 aromatic carbocycles. The fraction of sp³-hybridized carbons (Fsp3) is 0.333. The minimum absolute atomic E-state index is 0.00720. The van der Waals surface area contributed by atoms with Gasteiger partial charge in [-0.25, -0.2) is 4.98 Å². The second-order valence-electron chi connectivity index (χ2n) is 6.40. The van der Waals surface area contributed by atoms with Crippen LogP contribution in [0.15, 0.2) is 30.5 Å². The van der Waals surface area contributed by atoms with E-state index in [1.165, 1.54) is 12.3 Å². The van der Waals surface area contributed by atoms with Gasteiger partial charge in [-0.2, -0.15) is 5.26 Å². The number of aromatic nitrogens is 1. The highest BCUT2D eigenvalue weighted by molar-refractivity contribution is 6.34. The number of likely N-dealkylation sites (tertiary alicyclic amines) is 1. The minimum atomic E-state index is -0.564. The molecular formula is C18H17Cl2N5O2. The molecule has 0 unspecified atom stereocenters. The summed E-state index contributed by atoms with van der Waals surface area (Å²) < 4.78 is 0. The van der Waals surface area contributed by atoms with E-state index in [9.17, 15) is 10.1 Å². The van der Waals surface area contributed by atoms with Gasteiger partial charge in [0, 0.05) is 41.9 Å². The topological polar surface area (TPSA) is 95.1 Å². The molecule has 0 atom stereocenters. The monoisotopic (exact) mass is 405 g/mol. The fourth-order valence-corrected chi connectivity index (χ4v) is 3.80. The average molecular weight is 406 g/mol. The van der Waals surface area contributed by atoms with E-state index in [1.54, 1.807) is 6.07 Å². The number of hydrogen-bond acceptors (Lipinski definition) is 6. The van der Waals surface area contributed by atoms with Crippen molar-refractivity contribution in [1.29, 1.82) is 5.26 Å². The lowest BCUT2D eigenvalue weighted by atomic mass is 10.0. The molecule has 1 N–H and O–H groups in total. The van der Waals surface area contributed by atoms with E-state index >= 15 is 0 Å². The Hall–Kier alpha value is -2.40. The molecule has 0 spiro atoms. The third-order valence-corrected chi connectivity index (χ3v) is 4.92. The molecule has 0 bridgehead atoms. The second-order valence-corrected chi connectivity index (χ2v) is 7.27. The summed E-state index contributed by atoms with van der Waals surface area (Å²) >= 11 is 12.1. The van der Waals surface area contributed by atoms with Crippen LogP contribution < -0.4 is 5.32 Å². The Balaban J connectivity index is 1.62. The van der Waals surface area contributed by atoms with E-state index in [-0.39, 0.29) is 23.1 Å². The average Bonchev–Trinajstić information content (AvgIpc) is 2.62. The van der Waals surface area contributed by atoms with Crippen molar-refractivity contribution in [2.45, 2.75) is 25.4 Å². The Kier molecular flexibility index (Phi) is 6.11. The van der Waals surface area contributed by atoms with Gasteiger partial charge in [0.2, 0.25) is 5.82 Å². The number of anilines is 1. The Morgan fingerprint density at radius 1 is 1.30 bits per heavy atom. The summed E-state index contributed by atoms with van der Waals surface area (Å²) in [6.45, 7) is 2.40. The Labute approximate surface area is 166 Å². The third kappa shape index (κ3) is 4.86. The van der Waals surface area contributed by atoms with Crippen LogP contribution in [0.5, 0.6) is 0 Å². The number of rotatable bonds is 5. The van der Waals surface area contributed by atoms with Crippen LogP contribution >= 0.6 is 23.2 Å². The molecule has 1 fully saturated rings. The molecular weight excluding hydrogens is 389 g/mol. The Morgan fingerprint density at radius 2 is 1.96 bits per heavy atom. The number of piperidine rings is 1. The van der Waals surface area contributed by atoms with Crippen molar-refractivity contribution < 1.29 is 4.92 Å². The number of nitriles is 1. The smallest absolute Gasteiger partial charge is 0.328 e.